The average molecular weight is 641 g/mol. The van der Waals surface area contributed by atoms with Gasteiger partial charge in [0.05, 0.1) is 24.7 Å². The smallest absolute Gasteiger partial charge is 0.320 e. The van der Waals surface area contributed by atoms with Gasteiger partial charge in [-0.1, -0.05) is 32.9 Å². The van der Waals surface area contributed by atoms with Crippen molar-refractivity contribution in [2.45, 2.75) is 110 Å². The third kappa shape index (κ3) is 9.56. The maximum atomic E-state index is 15.5. The van der Waals surface area contributed by atoms with E-state index in [9.17, 15) is 14.7 Å². The number of carbonyl (C=O) groups excluding carboxylic acids is 1. The topological polar surface area (TPSA) is 104 Å². The Morgan fingerprint density at radius 2 is 1.96 bits per heavy atom. The molecule has 0 bridgehead atoms. The first-order valence-electron chi connectivity index (χ1n) is 16.9. The fourth-order valence-electron chi connectivity index (χ4n) is 6.50. The standard InChI is InChI=1S/C36H53FN4O5/c1-7-36(6,24-25(2)3)45-21-16-35(4,5)46-31-15-13-27(22-29(31)37)30(23-32(42)43)41-20-19-40(34(41)44)18-9-11-28-14-12-26-10-8-17-38-33(26)39-28/h12-15,22,25,30H,7-11,16-21,23-24H2,1-6H3,(H,38,39)(H,42,43)/t30-,36?/m0/s1. The molecule has 0 aliphatic carbocycles. The van der Waals surface area contributed by atoms with Crippen molar-refractivity contribution in [2.75, 3.05) is 38.1 Å². The first-order valence-corrected chi connectivity index (χ1v) is 16.9. The van der Waals surface area contributed by atoms with E-state index in [4.69, 9.17) is 14.5 Å². The Hall–Kier alpha value is -3.40. The second kappa shape index (κ2) is 15.5. The van der Waals surface area contributed by atoms with Crippen LogP contribution in [-0.2, 0) is 22.4 Å². The van der Waals surface area contributed by atoms with Crippen molar-refractivity contribution in [2.24, 2.45) is 5.92 Å². The second-order valence-electron chi connectivity index (χ2n) is 14.1. The first kappa shape index (κ1) is 35.5. The molecule has 2 aliphatic heterocycles. The minimum absolute atomic E-state index is 0.0867. The zero-order chi connectivity index (χ0) is 33.5. The van der Waals surface area contributed by atoms with Gasteiger partial charge in [0.1, 0.15) is 11.4 Å². The number of pyridine rings is 1. The van der Waals surface area contributed by atoms with E-state index in [0.717, 1.165) is 56.6 Å². The number of ether oxygens (including phenoxy) is 2. The quantitative estimate of drug-likeness (QED) is 0.188. The predicted molar refractivity (Wildman–Crippen MR) is 178 cm³/mol. The number of anilines is 1. The van der Waals surface area contributed by atoms with E-state index in [1.807, 2.05) is 13.8 Å². The number of nitrogens with zero attached hydrogens (tertiary/aromatic N) is 3. The molecule has 46 heavy (non-hydrogen) atoms. The lowest BCUT2D eigenvalue weighted by atomic mass is 9.91. The van der Waals surface area contributed by atoms with Gasteiger partial charge < -0.3 is 29.7 Å². The molecule has 2 N–H and O–H groups in total. The Morgan fingerprint density at radius 3 is 2.65 bits per heavy atom. The predicted octanol–water partition coefficient (Wildman–Crippen LogP) is 7.24. The lowest BCUT2D eigenvalue weighted by Gasteiger charge is -2.33. The summed E-state index contributed by atoms with van der Waals surface area (Å²) in [5.74, 6) is -0.0754. The Kier molecular flexibility index (Phi) is 11.9. The molecule has 2 aromatic rings. The molecule has 0 saturated carbocycles. The molecule has 2 atom stereocenters. The molecule has 1 aromatic heterocycles. The lowest BCUT2D eigenvalue weighted by Crippen LogP contribution is -2.36. The molecule has 1 aromatic carbocycles. The number of aliphatic carboxylic acids is 1. The van der Waals surface area contributed by atoms with Crippen molar-refractivity contribution in [3.63, 3.8) is 0 Å². The number of aromatic nitrogens is 1. The van der Waals surface area contributed by atoms with Crippen LogP contribution in [0.3, 0.4) is 0 Å². The van der Waals surface area contributed by atoms with Crippen molar-refractivity contribution >= 4 is 17.8 Å². The number of nitrogens with one attached hydrogen (secondary N) is 1. The number of hydrogen-bond donors (Lipinski definition) is 2. The number of carbonyl (C=O) groups is 2. The van der Waals surface area contributed by atoms with Crippen LogP contribution in [0.2, 0.25) is 0 Å². The fraction of sp³-hybridized carbons (Fsp3) is 0.639. The molecule has 2 aliphatic rings. The van der Waals surface area contributed by atoms with Gasteiger partial charge in [0.25, 0.3) is 0 Å². The summed E-state index contributed by atoms with van der Waals surface area (Å²) < 4.78 is 27.8. The molecule has 1 fully saturated rings. The minimum Gasteiger partial charge on any atom is -0.485 e. The highest BCUT2D eigenvalue weighted by atomic mass is 19.1. The van der Waals surface area contributed by atoms with Crippen molar-refractivity contribution in [3.8, 4) is 5.75 Å². The number of halogens is 1. The van der Waals surface area contributed by atoms with Gasteiger partial charge in [0.15, 0.2) is 11.6 Å². The highest BCUT2D eigenvalue weighted by Gasteiger charge is 2.36. The number of carboxylic acids is 1. The molecule has 2 amide bonds. The number of amides is 2. The molecular formula is C36H53FN4O5. The summed E-state index contributed by atoms with van der Waals surface area (Å²) in [6.45, 7) is 15.2. The maximum Gasteiger partial charge on any atom is 0.320 e. The Morgan fingerprint density at radius 1 is 1.17 bits per heavy atom. The Labute approximate surface area is 273 Å². The summed E-state index contributed by atoms with van der Waals surface area (Å²) in [5, 5.41) is 13.1. The van der Waals surface area contributed by atoms with Gasteiger partial charge in [0, 0.05) is 38.3 Å². The number of hydrogen-bond acceptors (Lipinski definition) is 6. The Balaban J connectivity index is 1.35. The van der Waals surface area contributed by atoms with Gasteiger partial charge in [-0.15, -0.1) is 0 Å². The van der Waals surface area contributed by atoms with Crippen molar-refractivity contribution in [3.05, 3.63) is 53.0 Å². The average Bonchev–Trinajstić information content (AvgIpc) is 3.35. The summed E-state index contributed by atoms with van der Waals surface area (Å²) in [5.41, 5.74) is 1.76. The summed E-state index contributed by atoms with van der Waals surface area (Å²) in [4.78, 5) is 33.3. The van der Waals surface area contributed by atoms with Crippen LogP contribution in [0.4, 0.5) is 15.0 Å². The first-order chi connectivity index (χ1) is 21.8. The van der Waals surface area contributed by atoms with Crippen molar-refractivity contribution < 1.29 is 28.6 Å². The van der Waals surface area contributed by atoms with Gasteiger partial charge in [-0.05, 0) is 94.5 Å². The minimum atomic E-state index is -1.05. The highest BCUT2D eigenvalue weighted by Crippen LogP contribution is 2.33. The molecule has 9 nitrogen and oxygen atoms in total. The number of fused-ring (bicyclic) bond motifs is 1. The molecule has 1 unspecified atom stereocenters. The van der Waals surface area contributed by atoms with E-state index in [2.05, 4.69) is 45.1 Å². The number of urea groups is 1. The van der Waals surface area contributed by atoms with Crippen LogP contribution in [0, 0.1) is 11.7 Å². The number of benzene rings is 1. The van der Waals surface area contributed by atoms with Gasteiger partial charge in [-0.25, -0.2) is 14.2 Å². The van der Waals surface area contributed by atoms with Crippen LogP contribution in [-0.4, -0.2) is 75.9 Å². The van der Waals surface area contributed by atoms with Gasteiger partial charge in [-0.2, -0.15) is 0 Å². The molecule has 4 rings (SSSR count). The molecule has 3 heterocycles. The lowest BCUT2D eigenvalue weighted by molar-refractivity contribution is -0.138. The molecule has 0 radical (unpaired) electrons. The van der Waals surface area contributed by atoms with E-state index >= 15 is 4.39 Å². The zero-order valence-corrected chi connectivity index (χ0v) is 28.5. The van der Waals surface area contributed by atoms with Crippen LogP contribution >= 0.6 is 0 Å². The molecule has 1 saturated heterocycles. The summed E-state index contributed by atoms with van der Waals surface area (Å²) >= 11 is 0. The van der Waals surface area contributed by atoms with Crippen LogP contribution < -0.4 is 10.1 Å². The third-order valence-electron chi connectivity index (χ3n) is 9.15. The second-order valence-corrected chi connectivity index (χ2v) is 14.1. The summed E-state index contributed by atoms with van der Waals surface area (Å²) in [7, 11) is 0. The molecular weight excluding hydrogens is 587 g/mol. The van der Waals surface area contributed by atoms with Gasteiger partial charge >= 0.3 is 12.0 Å². The van der Waals surface area contributed by atoms with Crippen molar-refractivity contribution in [1.82, 2.24) is 14.8 Å². The molecule has 10 heteroatoms. The van der Waals surface area contributed by atoms with E-state index in [1.165, 1.54) is 17.7 Å². The Bertz CT molecular complexity index is 1350. The number of carboxylic acid groups (broad SMARTS) is 1. The zero-order valence-electron chi connectivity index (χ0n) is 28.5. The van der Waals surface area contributed by atoms with E-state index in [1.54, 1.807) is 15.9 Å². The van der Waals surface area contributed by atoms with Crippen LogP contribution in [0.25, 0.3) is 0 Å². The van der Waals surface area contributed by atoms with Crippen LogP contribution in [0.1, 0.15) is 103 Å². The number of aryl methyl sites for hydroxylation is 2. The molecule has 0 spiro atoms. The maximum absolute atomic E-state index is 15.5. The SMILES string of the molecule is CCC(C)(CC(C)C)OCCC(C)(C)Oc1ccc([C@H](CC(=O)O)N2CCN(CCCc3ccc4c(n3)NCCC4)C2=O)cc1F. The summed E-state index contributed by atoms with van der Waals surface area (Å²) in [6, 6.07) is 7.67. The van der Waals surface area contributed by atoms with Crippen LogP contribution in [0.15, 0.2) is 30.3 Å². The highest BCUT2D eigenvalue weighted by molar-refractivity contribution is 5.78. The fourth-order valence-corrected chi connectivity index (χ4v) is 6.50. The van der Waals surface area contributed by atoms with Crippen LogP contribution in [0.5, 0.6) is 5.75 Å². The number of rotatable bonds is 17. The monoisotopic (exact) mass is 640 g/mol. The van der Waals surface area contributed by atoms with E-state index in [-0.39, 0.29) is 23.8 Å². The summed E-state index contributed by atoms with van der Waals surface area (Å²) in [6.07, 6.45) is 5.74. The normalized spacial score (nSPS) is 17.1. The molecule has 254 valence electrons. The van der Waals surface area contributed by atoms with Crippen molar-refractivity contribution in [1.29, 1.82) is 0 Å². The van der Waals surface area contributed by atoms with E-state index < -0.39 is 23.4 Å². The van der Waals surface area contributed by atoms with Gasteiger partial charge in [0.2, 0.25) is 0 Å². The van der Waals surface area contributed by atoms with E-state index in [0.29, 0.717) is 44.1 Å². The largest absolute Gasteiger partial charge is 0.485 e. The van der Waals surface area contributed by atoms with Gasteiger partial charge in [-0.3, -0.25) is 4.79 Å². The third-order valence-corrected chi connectivity index (χ3v) is 9.15.